The van der Waals surface area contributed by atoms with Crippen molar-refractivity contribution in [1.29, 1.82) is 5.26 Å². The molecule has 5 aromatic rings. The van der Waals surface area contributed by atoms with Gasteiger partial charge in [-0.3, -0.25) is 14.9 Å². The number of furan rings is 1. The van der Waals surface area contributed by atoms with Gasteiger partial charge in [-0.2, -0.15) is 14.9 Å². The second-order valence-corrected chi connectivity index (χ2v) is 9.75. The molecule has 14 heteroatoms. The number of hydrogen-bond acceptors (Lipinski definition) is 12. The predicted molar refractivity (Wildman–Crippen MR) is 139 cm³/mol. The van der Waals surface area contributed by atoms with Crippen molar-refractivity contribution in [3.63, 3.8) is 0 Å². The molecule has 0 aliphatic heterocycles. The van der Waals surface area contributed by atoms with Crippen LogP contribution in [-0.4, -0.2) is 37.8 Å². The largest absolute Gasteiger partial charge is 0.493 e. The molecule has 0 aliphatic carbocycles. The van der Waals surface area contributed by atoms with Gasteiger partial charge in [0.2, 0.25) is 10.1 Å². The Kier molecular flexibility index (Phi) is 6.94. The second-order valence-electron chi connectivity index (χ2n) is 7.61. The average molecular weight is 548 g/mol. The van der Waals surface area contributed by atoms with E-state index in [9.17, 15) is 14.9 Å². The number of anilines is 1. The number of nitrogens with zero attached hydrogens (tertiary/aromatic N) is 6. The Morgan fingerprint density at radius 2 is 2.11 bits per heavy atom. The quantitative estimate of drug-likeness (QED) is 0.224. The molecule has 12 nitrogen and oxygen atoms in total. The number of amides is 1. The van der Waals surface area contributed by atoms with Crippen LogP contribution < -0.4 is 20.3 Å². The zero-order valence-corrected chi connectivity index (χ0v) is 21.5. The molecule has 4 heterocycles. The molecule has 0 spiro atoms. The van der Waals surface area contributed by atoms with Gasteiger partial charge in [-0.05, 0) is 42.8 Å². The third kappa shape index (κ3) is 5.28. The van der Waals surface area contributed by atoms with Gasteiger partial charge in [0, 0.05) is 6.07 Å². The van der Waals surface area contributed by atoms with Crippen LogP contribution in [0.4, 0.5) is 5.13 Å². The summed E-state index contributed by atoms with van der Waals surface area (Å²) in [6.45, 7) is 1.83. The standard InChI is InChI=1S/C24H17N7O5S2/c1-13-30-31-20(32)10-16(26-24(31)37-13)12-36-17-6-5-14(9-19(17)34-2)8-15(11-25)21(33)27-23-29-28-22(38-23)18-4-3-7-35-18/h3-10H,12H2,1-2H3,(H,27,29,33). The lowest BCUT2D eigenvalue weighted by Crippen LogP contribution is -2.16. The molecule has 0 unspecified atom stereocenters. The zero-order valence-electron chi connectivity index (χ0n) is 19.9. The van der Waals surface area contributed by atoms with Gasteiger partial charge in [-0.15, -0.1) is 10.2 Å². The van der Waals surface area contributed by atoms with Crippen molar-refractivity contribution in [3.05, 3.63) is 74.9 Å². The van der Waals surface area contributed by atoms with Crippen LogP contribution in [0, 0.1) is 18.3 Å². The molecule has 38 heavy (non-hydrogen) atoms. The molecule has 1 N–H and O–H groups in total. The number of ether oxygens (including phenoxy) is 2. The van der Waals surface area contributed by atoms with Gasteiger partial charge < -0.3 is 13.9 Å². The summed E-state index contributed by atoms with van der Waals surface area (Å²) < 4.78 is 17.8. The van der Waals surface area contributed by atoms with Crippen molar-refractivity contribution in [2.24, 2.45) is 0 Å². The maximum absolute atomic E-state index is 12.7. The van der Waals surface area contributed by atoms with E-state index in [2.05, 4.69) is 25.6 Å². The van der Waals surface area contributed by atoms with Crippen LogP contribution in [0.15, 0.2) is 57.4 Å². The summed E-state index contributed by atoms with van der Waals surface area (Å²) in [5.74, 6) is 0.653. The molecule has 1 amide bonds. The molecule has 0 atom stereocenters. The number of carbonyl (C=O) groups is 1. The van der Waals surface area contributed by atoms with Crippen molar-refractivity contribution in [2.75, 3.05) is 12.4 Å². The number of fused-ring (bicyclic) bond motifs is 1. The van der Waals surface area contributed by atoms with Crippen molar-refractivity contribution in [3.8, 4) is 28.3 Å². The minimum Gasteiger partial charge on any atom is -0.493 e. The fourth-order valence-corrected chi connectivity index (χ4v) is 4.80. The fraction of sp³-hybridized carbons (Fsp3) is 0.125. The Bertz CT molecular complexity index is 1760. The van der Waals surface area contributed by atoms with E-state index in [-0.39, 0.29) is 22.9 Å². The van der Waals surface area contributed by atoms with E-state index < -0.39 is 5.91 Å². The molecule has 0 saturated carbocycles. The van der Waals surface area contributed by atoms with Crippen molar-refractivity contribution >= 4 is 44.7 Å². The third-order valence-corrected chi connectivity index (χ3v) is 6.69. The predicted octanol–water partition coefficient (Wildman–Crippen LogP) is 3.70. The summed E-state index contributed by atoms with van der Waals surface area (Å²) in [6, 6.07) is 11.6. The number of rotatable bonds is 8. The van der Waals surface area contributed by atoms with E-state index in [0.717, 1.165) is 16.3 Å². The number of methoxy groups -OCH3 is 1. The zero-order chi connectivity index (χ0) is 26.6. The second kappa shape index (κ2) is 10.6. The third-order valence-electron chi connectivity index (χ3n) is 5.02. The summed E-state index contributed by atoms with van der Waals surface area (Å²) in [5, 5.41) is 25.6. The van der Waals surface area contributed by atoms with Gasteiger partial charge in [0.15, 0.2) is 22.3 Å². The first kappa shape index (κ1) is 24.8. The normalized spacial score (nSPS) is 11.3. The lowest BCUT2D eigenvalue weighted by Gasteiger charge is -2.11. The Morgan fingerprint density at radius 1 is 1.24 bits per heavy atom. The minimum atomic E-state index is -0.639. The number of aromatic nitrogens is 5. The van der Waals surface area contributed by atoms with Crippen LogP contribution in [0.1, 0.15) is 16.3 Å². The van der Waals surface area contributed by atoms with Crippen LogP contribution in [-0.2, 0) is 11.4 Å². The van der Waals surface area contributed by atoms with E-state index >= 15 is 0 Å². The lowest BCUT2D eigenvalue weighted by molar-refractivity contribution is -0.112. The number of aryl methyl sites for hydroxylation is 1. The minimum absolute atomic E-state index is 0.0297. The van der Waals surface area contributed by atoms with Crippen molar-refractivity contribution < 1.29 is 18.7 Å². The molecular formula is C24H17N7O5S2. The first-order chi connectivity index (χ1) is 18.4. The summed E-state index contributed by atoms with van der Waals surface area (Å²) >= 11 is 2.42. The van der Waals surface area contributed by atoms with E-state index in [0.29, 0.717) is 38.5 Å². The smallest absolute Gasteiger partial charge is 0.275 e. The van der Waals surface area contributed by atoms with Crippen LogP contribution in [0.2, 0.25) is 0 Å². The first-order valence-electron chi connectivity index (χ1n) is 10.9. The maximum atomic E-state index is 12.7. The highest BCUT2D eigenvalue weighted by atomic mass is 32.1. The summed E-state index contributed by atoms with van der Waals surface area (Å²) in [7, 11) is 1.47. The molecule has 5 rings (SSSR count). The molecule has 0 aliphatic rings. The molecule has 0 fully saturated rings. The molecule has 0 bridgehead atoms. The van der Waals surface area contributed by atoms with Gasteiger partial charge in [0.25, 0.3) is 11.5 Å². The van der Waals surface area contributed by atoms with E-state index in [1.54, 1.807) is 37.3 Å². The first-order valence-corrected chi connectivity index (χ1v) is 12.5. The Labute approximate surface area is 222 Å². The van der Waals surface area contributed by atoms with E-state index in [4.69, 9.17) is 13.9 Å². The van der Waals surface area contributed by atoms with Crippen LogP contribution >= 0.6 is 22.7 Å². The Hall–Kier alpha value is -4.87. The molecular weight excluding hydrogens is 530 g/mol. The fourth-order valence-electron chi connectivity index (χ4n) is 3.32. The van der Waals surface area contributed by atoms with Crippen molar-refractivity contribution in [1.82, 2.24) is 24.8 Å². The number of benzene rings is 1. The van der Waals surface area contributed by atoms with Gasteiger partial charge in [-0.25, -0.2) is 4.98 Å². The summed E-state index contributed by atoms with van der Waals surface area (Å²) in [6.07, 6.45) is 2.93. The number of hydrogen-bond donors (Lipinski definition) is 1. The SMILES string of the molecule is COc1cc(C=C(C#N)C(=O)Nc2nnc(-c3ccco3)s2)ccc1OCc1cc(=O)n2nc(C)sc2n1. The summed E-state index contributed by atoms with van der Waals surface area (Å²) in [4.78, 5) is 29.8. The molecule has 1 aromatic carbocycles. The summed E-state index contributed by atoms with van der Waals surface area (Å²) in [5.41, 5.74) is 0.541. The molecule has 190 valence electrons. The Balaban J connectivity index is 1.29. The average Bonchev–Trinajstić information content (AvgIpc) is 3.67. The van der Waals surface area contributed by atoms with Gasteiger partial charge in [-0.1, -0.05) is 28.7 Å². The maximum Gasteiger partial charge on any atom is 0.275 e. The van der Waals surface area contributed by atoms with E-state index in [1.165, 1.54) is 41.4 Å². The van der Waals surface area contributed by atoms with Crippen LogP contribution in [0.3, 0.4) is 0 Å². The molecule has 0 saturated heterocycles. The topological polar surface area (TPSA) is 158 Å². The van der Waals surface area contributed by atoms with Crippen molar-refractivity contribution in [2.45, 2.75) is 13.5 Å². The highest BCUT2D eigenvalue weighted by Crippen LogP contribution is 2.30. The monoisotopic (exact) mass is 547 g/mol. The van der Waals surface area contributed by atoms with Gasteiger partial charge >= 0.3 is 0 Å². The number of carbonyl (C=O) groups excluding carboxylic acids is 1. The van der Waals surface area contributed by atoms with E-state index in [1.807, 2.05) is 6.07 Å². The Morgan fingerprint density at radius 3 is 2.87 bits per heavy atom. The molecule has 0 radical (unpaired) electrons. The number of nitrogens with one attached hydrogen (secondary N) is 1. The highest BCUT2D eigenvalue weighted by Gasteiger charge is 2.16. The van der Waals surface area contributed by atoms with Gasteiger partial charge in [0.05, 0.1) is 19.1 Å². The van der Waals surface area contributed by atoms with Crippen LogP contribution in [0.5, 0.6) is 11.5 Å². The highest BCUT2D eigenvalue weighted by molar-refractivity contribution is 7.18. The van der Waals surface area contributed by atoms with Crippen LogP contribution in [0.25, 0.3) is 21.8 Å². The molecule has 4 aromatic heterocycles. The van der Waals surface area contributed by atoms with Gasteiger partial charge in [0.1, 0.15) is 23.3 Å². The lowest BCUT2D eigenvalue weighted by atomic mass is 10.1. The number of nitriles is 1.